The highest BCUT2D eigenvalue weighted by atomic mass is 35.5. The van der Waals surface area contributed by atoms with Gasteiger partial charge in [0.15, 0.2) is 0 Å². The molecule has 1 heterocycles. The lowest BCUT2D eigenvalue weighted by Gasteiger charge is -2.10. The number of rotatable bonds is 3. The van der Waals surface area contributed by atoms with Gasteiger partial charge in [-0.05, 0) is 29.8 Å². The van der Waals surface area contributed by atoms with E-state index < -0.39 is 0 Å². The van der Waals surface area contributed by atoms with Crippen LogP contribution in [0.3, 0.4) is 0 Å². The van der Waals surface area contributed by atoms with Gasteiger partial charge in [-0.3, -0.25) is 0 Å². The summed E-state index contributed by atoms with van der Waals surface area (Å²) in [6, 6.07) is 15.0. The number of hydrogen-bond donors (Lipinski definition) is 0. The van der Waals surface area contributed by atoms with Crippen LogP contribution in [0.1, 0.15) is 11.1 Å². The summed E-state index contributed by atoms with van der Waals surface area (Å²) in [5.41, 5.74) is 2.41. The van der Waals surface area contributed by atoms with E-state index in [9.17, 15) is 5.26 Å². The van der Waals surface area contributed by atoms with Crippen LogP contribution in [-0.4, -0.2) is 9.55 Å². The minimum absolute atomic E-state index is 0.550. The van der Waals surface area contributed by atoms with Crippen LogP contribution in [0.5, 0.6) is 0 Å². The second kappa shape index (κ2) is 6.23. The second-order valence-electron chi connectivity index (χ2n) is 4.77. The van der Waals surface area contributed by atoms with Crippen molar-refractivity contribution in [3.8, 4) is 17.5 Å². The molecule has 0 aliphatic rings. The van der Waals surface area contributed by atoms with Gasteiger partial charge in [0.25, 0.3) is 0 Å². The van der Waals surface area contributed by atoms with Crippen molar-refractivity contribution in [1.82, 2.24) is 9.55 Å². The summed E-state index contributed by atoms with van der Waals surface area (Å²) in [4.78, 5) is 4.38. The third kappa shape index (κ3) is 2.85. The molecule has 0 amide bonds. The van der Waals surface area contributed by atoms with Gasteiger partial charge in [-0.15, -0.1) is 0 Å². The van der Waals surface area contributed by atoms with Crippen LogP contribution in [0, 0.1) is 11.3 Å². The van der Waals surface area contributed by atoms with Crippen molar-refractivity contribution >= 4 is 23.2 Å². The summed E-state index contributed by atoms with van der Waals surface area (Å²) in [5.74, 6) is 0.745. The fraction of sp³-hybridized carbons (Fsp3) is 0.0588. The number of nitriles is 1. The molecule has 3 nitrogen and oxygen atoms in total. The van der Waals surface area contributed by atoms with E-state index in [1.165, 1.54) is 0 Å². The van der Waals surface area contributed by atoms with Crippen LogP contribution in [0.2, 0.25) is 10.0 Å². The minimum atomic E-state index is 0.550. The summed E-state index contributed by atoms with van der Waals surface area (Å²) in [5, 5.41) is 10.3. The van der Waals surface area contributed by atoms with Gasteiger partial charge < -0.3 is 4.57 Å². The first-order valence-electron chi connectivity index (χ1n) is 6.63. The largest absolute Gasteiger partial charge is 0.326 e. The van der Waals surface area contributed by atoms with Gasteiger partial charge in [-0.1, -0.05) is 41.4 Å². The monoisotopic (exact) mass is 327 g/mol. The number of hydrogen-bond acceptors (Lipinski definition) is 2. The molecule has 0 spiro atoms. The maximum atomic E-state index is 9.20. The number of nitrogens with zero attached hydrogens (tertiary/aromatic N) is 3. The number of halogens is 2. The molecule has 108 valence electrons. The van der Waals surface area contributed by atoms with Crippen molar-refractivity contribution in [2.24, 2.45) is 0 Å². The molecule has 0 atom stereocenters. The fourth-order valence-corrected chi connectivity index (χ4v) is 2.80. The summed E-state index contributed by atoms with van der Waals surface area (Å²) in [7, 11) is 0. The third-order valence-corrected chi connectivity index (χ3v) is 3.91. The molecule has 0 aliphatic heterocycles. The Bertz CT molecular complexity index is 862. The molecule has 0 N–H and O–H groups in total. The van der Waals surface area contributed by atoms with Crippen LogP contribution < -0.4 is 0 Å². The number of imidazole rings is 1. The molecule has 0 unspecified atom stereocenters. The lowest BCUT2D eigenvalue weighted by atomic mass is 10.1. The Labute approximate surface area is 138 Å². The Morgan fingerprint density at radius 2 is 1.95 bits per heavy atom. The van der Waals surface area contributed by atoms with Gasteiger partial charge >= 0.3 is 0 Å². The molecule has 5 heteroatoms. The smallest absolute Gasteiger partial charge is 0.141 e. The van der Waals surface area contributed by atoms with Gasteiger partial charge in [-0.2, -0.15) is 5.26 Å². The lowest BCUT2D eigenvalue weighted by Crippen LogP contribution is -2.03. The van der Waals surface area contributed by atoms with Crippen LogP contribution in [0.4, 0.5) is 0 Å². The standard InChI is InChI=1S/C17H11Cl2N3/c18-14-5-6-15(16(19)9-14)17-21-7-8-22(17)11-13-4-2-1-3-12(13)10-20/h1-9H,11H2. The molecular weight excluding hydrogens is 317 g/mol. The Morgan fingerprint density at radius 1 is 1.14 bits per heavy atom. The Kier molecular flexibility index (Phi) is 4.15. The zero-order valence-corrected chi connectivity index (χ0v) is 13.0. The van der Waals surface area contributed by atoms with E-state index in [-0.39, 0.29) is 0 Å². The molecule has 0 fully saturated rings. The quantitative estimate of drug-likeness (QED) is 0.694. The van der Waals surface area contributed by atoms with E-state index in [4.69, 9.17) is 23.2 Å². The Hall–Kier alpha value is -2.28. The van der Waals surface area contributed by atoms with Gasteiger partial charge in [0.1, 0.15) is 5.82 Å². The maximum Gasteiger partial charge on any atom is 0.141 e. The molecule has 3 aromatic rings. The zero-order valence-electron chi connectivity index (χ0n) is 11.5. The lowest BCUT2D eigenvalue weighted by molar-refractivity contribution is 0.805. The first kappa shape index (κ1) is 14.6. The zero-order chi connectivity index (χ0) is 15.5. The molecule has 0 radical (unpaired) electrons. The SMILES string of the molecule is N#Cc1ccccc1Cn1ccnc1-c1ccc(Cl)cc1Cl. The van der Waals surface area contributed by atoms with Crippen molar-refractivity contribution < 1.29 is 0 Å². The molecule has 2 aromatic carbocycles. The van der Waals surface area contributed by atoms with E-state index in [2.05, 4.69) is 11.1 Å². The van der Waals surface area contributed by atoms with Crippen molar-refractivity contribution in [2.45, 2.75) is 6.54 Å². The van der Waals surface area contributed by atoms with Crippen molar-refractivity contribution in [2.75, 3.05) is 0 Å². The highest BCUT2D eigenvalue weighted by molar-refractivity contribution is 6.36. The van der Waals surface area contributed by atoms with Crippen molar-refractivity contribution in [3.05, 3.63) is 76.0 Å². The van der Waals surface area contributed by atoms with E-state index >= 15 is 0 Å². The van der Waals surface area contributed by atoms with E-state index in [1.54, 1.807) is 24.4 Å². The highest BCUT2D eigenvalue weighted by Crippen LogP contribution is 2.29. The maximum absolute atomic E-state index is 9.20. The number of aromatic nitrogens is 2. The van der Waals surface area contributed by atoms with Gasteiger partial charge in [0, 0.05) is 23.0 Å². The number of benzene rings is 2. The molecular formula is C17H11Cl2N3. The molecule has 0 saturated carbocycles. The van der Waals surface area contributed by atoms with Crippen LogP contribution >= 0.6 is 23.2 Å². The summed E-state index contributed by atoms with van der Waals surface area (Å²) in [6.45, 7) is 0.554. The predicted octanol–water partition coefficient (Wildman–Crippen LogP) is 4.78. The summed E-state index contributed by atoms with van der Waals surface area (Å²) in [6.07, 6.45) is 3.59. The normalized spacial score (nSPS) is 10.4. The van der Waals surface area contributed by atoms with Crippen LogP contribution in [-0.2, 0) is 6.54 Å². The summed E-state index contributed by atoms with van der Waals surface area (Å²) >= 11 is 12.2. The average Bonchev–Trinajstić information content (AvgIpc) is 2.96. The van der Waals surface area contributed by atoms with E-state index in [1.807, 2.05) is 35.0 Å². The molecule has 0 aliphatic carbocycles. The third-order valence-electron chi connectivity index (χ3n) is 3.37. The average molecular weight is 328 g/mol. The topological polar surface area (TPSA) is 41.6 Å². The Morgan fingerprint density at radius 3 is 2.73 bits per heavy atom. The molecule has 0 saturated heterocycles. The van der Waals surface area contributed by atoms with Crippen molar-refractivity contribution in [1.29, 1.82) is 5.26 Å². The summed E-state index contributed by atoms with van der Waals surface area (Å²) < 4.78 is 1.96. The van der Waals surface area contributed by atoms with Crippen molar-refractivity contribution in [3.63, 3.8) is 0 Å². The molecule has 0 bridgehead atoms. The van der Waals surface area contributed by atoms with Crippen LogP contribution in [0.15, 0.2) is 54.9 Å². The minimum Gasteiger partial charge on any atom is -0.326 e. The molecule has 3 rings (SSSR count). The molecule has 1 aromatic heterocycles. The van der Waals surface area contributed by atoms with E-state index in [0.717, 1.165) is 17.0 Å². The first-order chi connectivity index (χ1) is 10.7. The van der Waals surface area contributed by atoms with Crippen LogP contribution in [0.25, 0.3) is 11.4 Å². The predicted molar refractivity (Wildman–Crippen MR) is 87.9 cm³/mol. The second-order valence-corrected chi connectivity index (χ2v) is 5.62. The first-order valence-corrected chi connectivity index (χ1v) is 7.39. The highest BCUT2D eigenvalue weighted by Gasteiger charge is 2.12. The van der Waals surface area contributed by atoms with E-state index in [0.29, 0.717) is 22.2 Å². The van der Waals surface area contributed by atoms with Gasteiger partial charge in [0.05, 0.1) is 23.2 Å². The Balaban J connectivity index is 2.01. The fourth-order valence-electron chi connectivity index (χ4n) is 2.30. The van der Waals surface area contributed by atoms with Gasteiger partial charge in [0.2, 0.25) is 0 Å². The molecule has 22 heavy (non-hydrogen) atoms. The van der Waals surface area contributed by atoms with Gasteiger partial charge in [-0.25, -0.2) is 4.98 Å².